The molecule has 156 valence electrons. The van der Waals surface area contributed by atoms with Gasteiger partial charge in [-0.3, -0.25) is 9.69 Å². The molecule has 0 bridgehead atoms. The summed E-state index contributed by atoms with van der Waals surface area (Å²) >= 11 is 0. The lowest BCUT2D eigenvalue weighted by Gasteiger charge is -2.28. The third-order valence-corrected chi connectivity index (χ3v) is 6.64. The smallest absolute Gasteiger partial charge is 0.325 e. The van der Waals surface area contributed by atoms with Gasteiger partial charge >= 0.3 is 5.97 Å². The first-order valence-electron chi connectivity index (χ1n) is 9.07. The van der Waals surface area contributed by atoms with Gasteiger partial charge in [0.2, 0.25) is 10.0 Å². The van der Waals surface area contributed by atoms with E-state index in [0.717, 1.165) is 9.87 Å². The summed E-state index contributed by atoms with van der Waals surface area (Å²) in [7, 11) is -2.56. The summed E-state index contributed by atoms with van der Waals surface area (Å²) in [4.78, 5) is 14.3. The quantitative estimate of drug-likeness (QED) is 0.689. The maximum Gasteiger partial charge on any atom is 0.325 e. The lowest BCUT2D eigenvalue weighted by Crippen LogP contribution is -2.48. The molecule has 0 aliphatic carbocycles. The first-order valence-corrected chi connectivity index (χ1v) is 10.7. The number of esters is 1. The summed E-state index contributed by atoms with van der Waals surface area (Å²) in [5.74, 6) is -1.63. The third-order valence-electron chi connectivity index (χ3n) is 4.85. The topological polar surface area (TPSA) is 66.9 Å². The van der Waals surface area contributed by atoms with Gasteiger partial charge in [-0.25, -0.2) is 17.2 Å². The van der Waals surface area contributed by atoms with Gasteiger partial charge in [0.05, 0.1) is 12.9 Å². The van der Waals surface area contributed by atoms with Crippen molar-refractivity contribution in [2.24, 2.45) is 0 Å². The number of nitrogens with zero attached hydrogens (tertiary/aromatic N) is 2. The van der Waals surface area contributed by atoms with Gasteiger partial charge in [0.1, 0.15) is 17.7 Å². The van der Waals surface area contributed by atoms with Crippen molar-refractivity contribution in [3.05, 3.63) is 71.3 Å². The number of benzene rings is 2. The number of sulfonamides is 1. The van der Waals surface area contributed by atoms with E-state index in [1.165, 1.54) is 43.5 Å². The molecule has 0 aromatic heterocycles. The van der Waals surface area contributed by atoms with Crippen LogP contribution in [0.2, 0.25) is 0 Å². The summed E-state index contributed by atoms with van der Waals surface area (Å²) < 4.78 is 58.1. The highest BCUT2D eigenvalue weighted by molar-refractivity contribution is 7.89. The van der Waals surface area contributed by atoms with Gasteiger partial charge in [-0.15, -0.1) is 0 Å². The molecule has 0 amide bonds. The standard InChI is InChI=1S/C20H22F2N2O4S/c1-28-20(25)19-14-23(12-15-2-6-17(21)7-3-15)10-11-29(26,27)24(19)13-16-4-8-18(22)9-5-16/h2-9,19H,10-14H2,1H3. The molecule has 0 radical (unpaired) electrons. The Morgan fingerprint density at radius 2 is 1.52 bits per heavy atom. The van der Waals surface area contributed by atoms with Crippen molar-refractivity contribution in [2.75, 3.05) is 26.0 Å². The first-order chi connectivity index (χ1) is 13.8. The minimum absolute atomic E-state index is 0.0627. The van der Waals surface area contributed by atoms with Crippen molar-refractivity contribution < 1.29 is 26.7 Å². The molecule has 1 atom stereocenters. The summed E-state index contributed by atoms with van der Waals surface area (Å²) in [6.07, 6.45) is 0. The highest BCUT2D eigenvalue weighted by atomic mass is 32.2. The fourth-order valence-corrected chi connectivity index (χ4v) is 4.89. The van der Waals surface area contributed by atoms with Gasteiger partial charge in [0.15, 0.2) is 0 Å². The number of hydrogen-bond donors (Lipinski definition) is 0. The van der Waals surface area contributed by atoms with E-state index in [9.17, 15) is 22.0 Å². The number of hydrogen-bond acceptors (Lipinski definition) is 5. The zero-order valence-electron chi connectivity index (χ0n) is 15.9. The van der Waals surface area contributed by atoms with Gasteiger partial charge in [0, 0.05) is 26.2 Å². The molecule has 2 aromatic rings. The van der Waals surface area contributed by atoms with Gasteiger partial charge < -0.3 is 4.74 Å². The number of rotatable bonds is 5. The Morgan fingerprint density at radius 1 is 1.00 bits per heavy atom. The lowest BCUT2D eigenvalue weighted by molar-refractivity contribution is -0.145. The number of halogens is 2. The summed E-state index contributed by atoms with van der Waals surface area (Å²) in [6.45, 7) is 0.651. The second-order valence-corrected chi connectivity index (χ2v) is 8.93. The first kappa shape index (κ1) is 21.4. The highest BCUT2D eigenvalue weighted by Crippen LogP contribution is 2.21. The van der Waals surface area contributed by atoms with Crippen molar-refractivity contribution in [3.63, 3.8) is 0 Å². The van der Waals surface area contributed by atoms with Crippen molar-refractivity contribution in [1.82, 2.24) is 9.21 Å². The van der Waals surface area contributed by atoms with Crippen LogP contribution in [0.25, 0.3) is 0 Å². The Morgan fingerprint density at radius 3 is 2.03 bits per heavy atom. The molecule has 6 nitrogen and oxygen atoms in total. The molecule has 0 N–H and O–H groups in total. The van der Waals surface area contributed by atoms with Crippen LogP contribution in [0.15, 0.2) is 48.5 Å². The molecule has 9 heteroatoms. The Balaban J connectivity index is 1.86. The Hall–Kier alpha value is -2.36. The zero-order chi connectivity index (χ0) is 21.0. The van der Waals surface area contributed by atoms with Crippen LogP contribution in [0.3, 0.4) is 0 Å². The molecule has 1 aliphatic rings. The molecule has 1 aliphatic heterocycles. The molecule has 1 heterocycles. The van der Waals surface area contributed by atoms with Crippen molar-refractivity contribution in [3.8, 4) is 0 Å². The van der Waals surface area contributed by atoms with Crippen LogP contribution in [0.5, 0.6) is 0 Å². The number of methoxy groups -OCH3 is 1. The fourth-order valence-electron chi connectivity index (χ4n) is 3.28. The second kappa shape index (κ2) is 8.98. The molecule has 1 fully saturated rings. The largest absolute Gasteiger partial charge is 0.468 e. The molecular formula is C20H22F2N2O4S. The molecule has 1 saturated heterocycles. The minimum atomic E-state index is -3.77. The number of carbonyl (C=O) groups is 1. The van der Waals surface area contributed by atoms with Crippen LogP contribution in [0.4, 0.5) is 8.78 Å². The number of ether oxygens (including phenoxy) is 1. The van der Waals surface area contributed by atoms with Gasteiger partial charge in [-0.2, -0.15) is 4.31 Å². The van der Waals surface area contributed by atoms with E-state index in [1.807, 2.05) is 4.90 Å². The zero-order valence-corrected chi connectivity index (χ0v) is 16.7. The van der Waals surface area contributed by atoms with E-state index in [-0.39, 0.29) is 31.2 Å². The maximum absolute atomic E-state index is 13.2. The lowest BCUT2D eigenvalue weighted by atomic mass is 10.1. The Kier molecular flexibility index (Phi) is 6.61. The summed E-state index contributed by atoms with van der Waals surface area (Å²) in [5.41, 5.74) is 1.37. The second-order valence-electron chi connectivity index (χ2n) is 6.89. The van der Waals surface area contributed by atoms with Crippen molar-refractivity contribution in [2.45, 2.75) is 19.1 Å². The van der Waals surface area contributed by atoms with E-state index < -0.39 is 27.9 Å². The molecule has 29 heavy (non-hydrogen) atoms. The van der Waals surface area contributed by atoms with Crippen LogP contribution in [0.1, 0.15) is 11.1 Å². The molecular weight excluding hydrogens is 402 g/mol. The van der Waals surface area contributed by atoms with Crippen LogP contribution in [-0.4, -0.2) is 55.6 Å². The van der Waals surface area contributed by atoms with Crippen molar-refractivity contribution in [1.29, 1.82) is 0 Å². The molecule has 3 rings (SSSR count). The molecule has 0 spiro atoms. The summed E-state index contributed by atoms with van der Waals surface area (Å²) in [6, 6.07) is 10.3. The van der Waals surface area contributed by atoms with E-state index in [2.05, 4.69) is 0 Å². The average Bonchev–Trinajstić information content (AvgIpc) is 2.82. The SMILES string of the molecule is COC(=O)C1CN(Cc2ccc(F)cc2)CCS(=O)(=O)N1Cc1ccc(F)cc1. The van der Waals surface area contributed by atoms with Gasteiger partial charge in [-0.05, 0) is 35.4 Å². The van der Waals surface area contributed by atoms with E-state index in [0.29, 0.717) is 12.1 Å². The summed E-state index contributed by atoms with van der Waals surface area (Å²) in [5, 5.41) is 0. The van der Waals surface area contributed by atoms with Crippen LogP contribution in [-0.2, 0) is 32.6 Å². The Bertz CT molecular complexity index is 949. The Labute approximate surface area is 168 Å². The fraction of sp³-hybridized carbons (Fsp3) is 0.350. The van der Waals surface area contributed by atoms with Crippen LogP contribution >= 0.6 is 0 Å². The monoisotopic (exact) mass is 424 g/mol. The third kappa shape index (κ3) is 5.37. The molecule has 2 aromatic carbocycles. The van der Waals surface area contributed by atoms with Crippen molar-refractivity contribution >= 4 is 16.0 Å². The van der Waals surface area contributed by atoms with E-state index >= 15 is 0 Å². The predicted molar refractivity (Wildman–Crippen MR) is 103 cm³/mol. The maximum atomic E-state index is 13.2. The van der Waals surface area contributed by atoms with Gasteiger partial charge in [0.25, 0.3) is 0 Å². The van der Waals surface area contributed by atoms with E-state index in [1.54, 1.807) is 12.1 Å². The number of carbonyl (C=O) groups excluding carboxylic acids is 1. The van der Waals surface area contributed by atoms with Crippen LogP contribution < -0.4 is 0 Å². The highest BCUT2D eigenvalue weighted by Gasteiger charge is 2.39. The molecule has 1 unspecified atom stereocenters. The predicted octanol–water partition coefficient (Wildman–Crippen LogP) is 2.15. The minimum Gasteiger partial charge on any atom is -0.468 e. The van der Waals surface area contributed by atoms with E-state index in [4.69, 9.17) is 4.74 Å². The van der Waals surface area contributed by atoms with Crippen LogP contribution in [0, 0.1) is 11.6 Å². The van der Waals surface area contributed by atoms with Gasteiger partial charge in [-0.1, -0.05) is 24.3 Å². The normalized spacial score (nSPS) is 20.2. The average molecular weight is 424 g/mol. The molecule has 0 saturated carbocycles.